The number of fused-ring (bicyclic) bond motifs is 3. The molecule has 48 heavy (non-hydrogen) atoms. The van der Waals surface area contributed by atoms with E-state index in [0.717, 1.165) is 24.8 Å². The Morgan fingerprint density at radius 3 is 2.40 bits per heavy atom. The Morgan fingerprint density at radius 2 is 1.81 bits per heavy atom. The van der Waals surface area contributed by atoms with Gasteiger partial charge in [0.1, 0.15) is 11.4 Å². The van der Waals surface area contributed by atoms with E-state index < -0.39 is 97.8 Å². The van der Waals surface area contributed by atoms with Crippen molar-refractivity contribution >= 4 is 32.5 Å². The molecule has 274 valence electrons. The van der Waals surface area contributed by atoms with Crippen molar-refractivity contribution in [2.24, 2.45) is 46.2 Å². The summed E-state index contributed by atoms with van der Waals surface area (Å²) in [6.45, 7) is 8.97. The van der Waals surface area contributed by atoms with E-state index in [1.807, 2.05) is 6.92 Å². The zero-order valence-corrected chi connectivity index (χ0v) is 28.8. The Morgan fingerprint density at radius 1 is 1.12 bits per heavy atom. The van der Waals surface area contributed by atoms with Gasteiger partial charge in [0.15, 0.2) is 12.4 Å². The molecule has 8 unspecified atom stereocenters. The normalized spacial score (nSPS) is 43.0. The lowest BCUT2D eigenvalue weighted by Gasteiger charge is -2.62. The smallest absolute Gasteiger partial charge is 0.397 e. The van der Waals surface area contributed by atoms with Crippen LogP contribution in [-0.4, -0.2) is 97.4 Å². The summed E-state index contributed by atoms with van der Waals surface area (Å²) in [6.07, 6.45) is -5.63. The molecule has 1 heterocycles. The maximum absolute atomic E-state index is 13.0. The van der Waals surface area contributed by atoms with Crippen LogP contribution in [0.25, 0.3) is 0 Å². The third kappa shape index (κ3) is 6.69. The minimum Gasteiger partial charge on any atom is -0.481 e. The molecule has 16 nitrogen and oxygen atoms in total. The summed E-state index contributed by atoms with van der Waals surface area (Å²) in [7, 11) is -10.6. The number of esters is 1. The summed E-state index contributed by atoms with van der Waals surface area (Å²) < 4.78 is 85.6. The summed E-state index contributed by atoms with van der Waals surface area (Å²) in [5.41, 5.74) is 5.52. The number of hydrogen-bond donors (Lipinski definition) is 5. The third-order valence-corrected chi connectivity index (χ3v) is 13.7. The van der Waals surface area contributed by atoms with Crippen molar-refractivity contribution in [1.29, 1.82) is 0 Å². The lowest BCUT2D eigenvalue weighted by atomic mass is 9.43. The van der Waals surface area contributed by atoms with Gasteiger partial charge in [0, 0.05) is 18.4 Å². The highest BCUT2D eigenvalue weighted by molar-refractivity contribution is 7.87. The van der Waals surface area contributed by atoms with Crippen LogP contribution in [0.15, 0.2) is 12.2 Å². The monoisotopic (exact) mass is 725 g/mol. The van der Waals surface area contributed by atoms with E-state index in [1.54, 1.807) is 13.8 Å². The molecule has 5 rings (SSSR count). The van der Waals surface area contributed by atoms with Crippen LogP contribution >= 0.6 is 0 Å². The van der Waals surface area contributed by atoms with Gasteiger partial charge in [-0.25, -0.2) is 9.44 Å². The molecule has 2 bridgehead atoms. The number of hydrogen-bond acceptors (Lipinski definition) is 14. The van der Waals surface area contributed by atoms with Crippen molar-refractivity contribution in [3.63, 3.8) is 0 Å². The molecule has 5 fully saturated rings. The number of aliphatic hydroxyl groups excluding tert-OH is 1. The Kier molecular flexibility index (Phi) is 10.5. The van der Waals surface area contributed by atoms with Crippen LogP contribution in [0.2, 0.25) is 0 Å². The van der Waals surface area contributed by atoms with Crippen molar-refractivity contribution in [3.8, 4) is 0 Å². The zero-order chi connectivity index (χ0) is 35.6. The van der Waals surface area contributed by atoms with Gasteiger partial charge >= 0.3 is 32.5 Å². The first-order valence-electron chi connectivity index (χ1n) is 16.3. The van der Waals surface area contributed by atoms with Gasteiger partial charge in [0.25, 0.3) is 0 Å². The lowest BCUT2D eigenvalue weighted by Crippen LogP contribution is -2.65. The molecule has 0 radical (unpaired) electrons. The number of ether oxygens (including phenoxy) is 3. The molecule has 1 saturated heterocycles. The van der Waals surface area contributed by atoms with Gasteiger partial charge in [0.05, 0.1) is 24.2 Å². The molecular weight excluding hydrogens is 678 g/mol. The second-order valence-corrected chi connectivity index (χ2v) is 17.6. The van der Waals surface area contributed by atoms with E-state index in [-0.39, 0.29) is 36.5 Å². The van der Waals surface area contributed by atoms with Gasteiger partial charge in [-0.05, 0) is 79.6 Å². The number of rotatable bonds is 11. The first kappa shape index (κ1) is 37.5. The molecule has 4 aliphatic carbocycles. The predicted octanol–water partition coefficient (Wildman–Crippen LogP) is 1.63. The molecule has 13 atom stereocenters. The van der Waals surface area contributed by atoms with Crippen LogP contribution in [0, 0.1) is 40.4 Å². The lowest BCUT2D eigenvalue weighted by molar-refractivity contribution is -0.293. The van der Waals surface area contributed by atoms with E-state index in [0.29, 0.717) is 19.3 Å². The van der Waals surface area contributed by atoms with Crippen molar-refractivity contribution in [2.45, 2.75) is 114 Å². The maximum Gasteiger partial charge on any atom is 0.397 e. The van der Waals surface area contributed by atoms with Crippen LogP contribution in [0.4, 0.5) is 0 Å². The number of aliphatic carboxylic acids is 1. The van der Waals surface area contributed by atoms with Crippen molar-refractivity contribution < 1.29 is 69.2 Å². The van der Waals surface area contributed by atoms with Gasteiger partial charge in [-0.3, -0.25) is 14.1 Å². The summed E-state index contributed by atoms with van der Waals surface area (Å²) >= 11 is 0. The number of carboxylic acids is 1. The molecule has 0 aromatic carbocycles. The number of carbonyl (C=O) groups excluding carboxylic acids is 1. The molecule has 4 saturated carbocycles. The minimum absolute atomic E-state index is 0.00168. The van der Waals surface area contributed by atoms with E-state index in [9.17, 15) is 46.4 Å². The average molecular weight is 726 g/mol. The molecule has 1 spiro atoms. The molecule has 0 aromatic rings. The molecule has 5 aliphatic rings. The van der Waals surface area contributed by atoms with Gasteiger partial charge in [-0.2, -0.15) is 16.8 Å². The Bertz CT molecular complexity index is 1490. The fourth-order valence-electron chi connectivity index (χ4n) is 10.0. The Balaban J connectivity index is 1.53. The van der Waals surface area contributed by atoms with E-state index >= 15 is 0 Å². The highest BCUT2D eigenvalue weighted by Gasteiger charge is 2.67. The molecule has 0 aromatic heterocycles. The number of carbonyl (C=O) groups is 2. The Labute approximate surface area is 280 Å². The zero-order valence-electron chi connectivity index (χ0n) is 27.2. The quantitative estimate of drug-likeness (QED) is 0.0506. The van der Waals surface area contributed by atoms with Crippen LogP contribution in [0.5, 0.6) is 0 Å². The fourth-order valence-corrected chi connectivity index (χ4v) is 11.8. The maximum atomic E-state index is 13.0. The fraction of sp³-hybridized carbons (Fsp3) is 0.867. The summed E-state index contributed by atoms with van der Waals surface area (Å²) in [5, 5.41) is 28.9. The number of aliphatic hydroxyl groups is 1. The van der Waals surface area contributed by atoms with Crippen molar-refractivity contribution in [2.75, 3.05) is 6.54 Å². The SMILES string of the molecule is C=C1C2CCC3C4(C)CC(O[C@@H]5O[C@@H](CN)[C@@H](S(=O)(=O)OO)[C@@H](OS(=O)(=O)O)C5OC(=O)CC(C)C)CC(C(=O)O)C4CCC3(C2)[C@H]1O. The van der Waals surface area contributed by atoms with Gasteiger partial charge in [0.2, 0.25) is 0 Å². The van der Waals surface area contributed by atoms with E-state index in [1.165, 1.54) is 0 Å². The molecule has 6 N–H and O–H groups in total. The van der Waals surface area contributed by atoms with Gasteiger partial charge in [-0.15, -0.1) is 4.33 Å². The topological polar surface area (TPSA) is 256 Å². The Hall–Kier alpha value is -1.74. The first-order valence-corrected chi connectivity index (χ1v) is 19.1. The van der Waals surface area contributed by atoms with Gasteiger partial charge < -0.3 is 30.2 Å². The average Bonchev–Trinajstić information content (AvgIpc) is 3.15. The summed E-state index contributed by atoms with van der Waals surface area (Å²) in [5.74, 6) is -3.20. The highest BCUT2D eigenvalue weighted by atomic mass is 32.3. The van der Waals surface area contributed by atoms with Gasteiger partial charge in [-0.1, -0.05) is 27.4 Å². The number of nitrogens with two attached hydrogens (primary N) is 1. The molecular formula is C30H47NO15S2. The first-order chi connectivity index (χ1) is 22.3. The highest BCUT2D eigenvalue weighted by Crippen LogP contribution is 2.70. The van der Waals surface area contributed by atoms with E-state index in [4.69, 9.17) is 24.1 Å². The second kappa shape index (κ2) is 13.4. The van der Waals surface area contributed by atoms with Crippen LogP contribution in [-0.2, 0) is 52.8 Å². The largest absolute Gasteiger partial charge is 0.481 e. The van der Waals surface area contributed by atoms with Crippen LogP contribution in [0.1, 0.15) is 72.1 Å². The molecule has 0 amide bonds. The standard InChI is InChI=1S/C30H47NO15S2/c1-14(2)9-22(32)44-24-23(45-48(39,40)41)25(47(37,38)46-36)20(13-31)43-28(24)42-17-10-18(27(34)35)19-7-8-30-11-16(15(3)26(30)33)5-6-21(30)29(19,4)12-17/h14,16-21,23-26,28,33,36H,3,5-13,31H2,1-2,4H3,(H,34,35)(H,39,40,41)/t16?,17?,18?,19?,20-,21?,23-,24?,25+,26-,28+,29?,30?/m0/s1. The number of carboxylic acid groups (broad SMARTS) is 1. The summed E-state index contributed by atoms with van der Waals surface area (Å²) in [4.78, 5) is 25.7. The second-order valence-electron chi connectivity index (χ2n) is 14.9. The van der Waals surface area contributed by atoms with Crippen molar-refractivity contribution in [3.05, 3.63) is 12.2 Å². The predicted molar refractivity (Wildman–Crippen MR) is 164 cm³/mol. The summed E-state index contributed by atoms with van der Waals surface area (Å²) in [6, 6.07) is 0. The van der Waals surface area contributed by atoms with Crippen molar-refractivity contribution in [1.82, 2.24) is 0 Å². The molecule has 18 heteroatoms. The van der Waals surface area contributed by atoms with Crippen LogP contribution in [0.3, 0.4) is 0 Å². The third-order valence-electron chi connectivity index (χ3n) is 11.8. The minimum atomic E-state index is -5.43. The van der Waals surface area contributed by atoms with Crippen LogP contribution < -0.4 is 5.73 Å². The van der Waals surface area contributed by atoms with E-state index in [2.05, 4.69) is 10.9 Å². The molecule has 1 aliphatic heterocycles.